The first-order valence-corrected chi connectivity index (χ1v) is 11.9. The zero-order chi connectivity index (χ0) is 20.7. The van der Waals surface area contributed by atoms with E-state index in [0.29, 0.717) is 22.5 Å². The van der Waals surface area contributed by atoms with Gasteiger partial charge in [-0.25, -0.2) is 12.7 Å². The largest absolute Gasteiger partial charge is 0.440 e. The SMILES string of the molecule is Cc1ccc(S(=O)(=O)N(c2ccc(-c3ccccc3)o2)[C@H]2CN3CCC2CC3)cc1. The van der Waals surface area contributed by atoms with Crippen molar-refractivity contribution in [2.45, 2.75) is 30.7 Å². The molecular formula is C24H26N2O3S. The Hall–Kier alpha value is -2.57. The molecule has 6 rings (SSSR count). The molecule has 0 unspecified atom stereocenters. The normalized spacial score (nSPS) is 23.4. The maximum atomic E-state index is 13.8. The van der Waals surface area contributed by atoms with Crippen LogP contribution in [0.5, 0.6) is 0 Å². The van der Waals surface area contributed by atoms with E-state index < -0.39 is 10.0 Å². The Kier molecular flexibility index (Phi) is 4.91. The molecular weight excluding hydrogens is 396 g/mol. The number of nitrogens with zero attached hydrogens (tertiary/aromatic N) is 2. The average Bonchev–Trinajstić information content (AvgIpc) is 3.25. The Labute approximate surface area is 178 Å². The molecule has 3 saturated heterocycles. The van der Waals surface area contributed by atoms with Crippen molar-refractivity contribution in [1.29, 1.82) is 0 Å². The molecule has 0 amide bonds. The molecule has 0 spiro atoms. The molecule has 3 aliphatic heterocycles. The smallest absolute Gasteiger partial charge is 0.266 e. The summed E-state index contributed by atoms with van der Waals surface area (Å²) in [6.07, 6.45) is 2.05. The molecule has 2 aromatic carbocycles. The highest BCUT2D eigenvalue weighted by Gasteiger charge is 2.43. The van der Waals surface area contributed by atoms with Crippen LogP contribution in [0.2, 0.25) is 0 Å². The fourth-order valence-electron chi connectivity index (χ4n) is 4.69. The number of furan rings is 1. The first-order valence-electron chi connectivity index (χ1n) is 10.5. The molecule has 3 aliphatic rings. The summed E-state index contributed by atoms with van der Waals surface area (Å²) in [5.41, 5.74) is 1.97. The molecule has 3 aromatic rings. The number of fused-ring (bicyclic) bond motifs is 3. The third-order valence-electron chi connectivity index (χ3n) is 6.37. The van der Waals surface area contributed by atoms with Crippen molar-refractivity contribution in [2.24, 2.45) is 5.92 Å². The van der Waals surface area contributed by atoms with E-state index in [-0.39, 0.29) is 6.04 Å². The number of hydrogen-bond donors (Lipinski definition) is 0. The lowest BCUT2D eigenvalue weighted by molar-refractivity contribution is 0.0903. The zero-order valence-corrected chi connectivity index (χ0v) is 17.9. The van der Waals surface area contributed by atoms with Gasteiger partial charge in [0, 0.05) is 18.2 Å². The molecule has 30 heavy (non-hydrogen) atoms. The Morgan fingerprint density at radius 3 is 2.27 bits per heavy atom. The average molecular weight is 423 g/mol. The van der Waals surface area contributed by atoms with Crippen LogP contribution in [-0.4, -0.2) is 39.0 Å². The topological polar surface area (TPSA) is 53.8 Å². The minimum Gasteiger partial charge on any atom is -0.440 e. The summed E-state index contributed by atoms with van der Waals surface area (Å²) in [5, 5.41) is 0. The highest BCUT2D eigenvalue weighted by atomic mass is 32.2. The summed E-state index contributed by atoms with van der Waals surface area (Å²) in [4.78, 5) is 2.67. The third-order valence-corrected chi connectivity index (χ3v) is 8.20. The molecule has 2 bridgehead atoms. The number of piperidine rings is 3. The fraction of sp³-hybridized carbons (Fsp3) is 0.333. The van der Waals surface area contributed by atoms with Crippen LogP contribution >= 0.6 is 0 Å². The molecule has 0 saturated carbocycles. The molecule has 6 heteroatoms. The van der Waals surface area contributed by atoms with Crippen LogP contribution in [-0.2, 0) is 10.0 Å². The van der Waals surface area contributed by atoms with E-state index in [9.17, 15) is 8.42 Å². The summed E-state index contributed by atoms with van der Waals surface area (Å²) in [5.74, 6) is 1.42. The Morgan fingerprint density at radius 2 is 1.63 bits per heavy atom. The van der Waals surface area contributed by atoms with Crippen molar-refractivity contribution in [3.63, 3.8) is 0 Å². The van der Waals surface area contributed by atoms with Crippen molar-refractivity contribution >= 4 is 15.9 Å². The molecule has 5 nitrogen and oxygen atoms in total. The molecule has 4 heterocycles. The molecule has 0 radical (unpaired) electrons. The molecule has 3 fully saturated rings. The summed E-state index contributed by atoms with van der Waals surface area (Å²) >= 11 is 0. The molecule has 1 atom stereocenters. The van der Waals surface area contributed by atoms with Crippen LogP contribution in [0.1, 0.15) is 18.4 Å². The lowest BCUT2D eigenvalue weighted by atomic mass is 9.84. The van der Waals surface area contributed by atoms with Gasteiger partial charge in [-0.05, 0) is 57.0 Å². The summed E-state index contributed by atoms with van der Waals surface area (Å²) in [6, 6.07) is 20.4. The number of rotatable bonds is 5. The second kappa shape index (κ2) is 7.60. The maximum Gasteiger partial charge on any atom is 0.266 e. The van der Waals surface area contributed by atoms with Gasteiger partial charge < -0.3 is 9.32 Å². The second-order valence-electron chi connectivity index (χ2n) is 8.32. The van der Waals surface area contributed by atoms with Crippen molar-refractivity contribution in [1.82, 2.24) is 4.90 Å². The number of anilines is 1. The Bertz CT molecular complexity index is 1110. The molecule has 156 valence electrons. The predicted octanol–water partition coefficient (Wildman–Crippen LogP) is 4.54. The van der Waals surface area contributed by atoms with Crippen LogP contribution in [0, 0.1) is 12.8 Å². The van der Waals surface area contributed by atoms with Crippen LogP contribution < -0.4 is 4.31 Å². The van der Waals surface area contributed by atoms with Gasteiger partial charge in [0.2, 0.25) is 5.88 Å². The molecule has 1 aromatic heterocycles. The summed E-state index contributed by atoms with van der Waals surface area (Å²) < 4.78 is 35.3. The second-order valence-corrected chi connectivity index (χ2v) is 10.1. The lowest BCUT2D eigenvalue weighted by Crippen LogP contribution is -2.58. The monoisotopic (exact) mass is 422 g/mol. The lowest BCUT2D eigenvalue weighted by Gasteiger charge is -2.48. The zero-order valence-electron chi connectivity index (χ0n) is 17.1. The number of aryl methyl sites for hydroxylation is 1. The van der Waals surface area contributed by atoms with Crippen LogP contribution in [0.25, 0.3) is 11.3 Å². The minimum absolute atomic E-state index is 0.117. The number of benzene rings is 2. The van der Waals surface area contributed by atoms with Gasteiger partial charge in [-0.15, -0.1) is 0 Å². The Morgan fingerprint density at radius 1 is 0.933 bits per heavy atom. The van der Waals surface area contributed by atoms with Gasteiger partial charge in [-0.3, -0.25) is 0 Å². The van der Waals surface area contributed by atoms with E-state index in [1.54, 1.807) is 22.5 Å². The fourth-order valence-corrected chi connectivity index (χ4v) is 6.32. The van der Waals surface area contributed by atoms with Crippen LogP contribution in [0.4, 0.5) is 5.88 Å². The van der Waals surface area contributed by atoms with Gasteiger partial charge in [0.25, 0.3) is 10.0 Å². The first-order chi connectivity index (χ1) is 14.5. The van der Waals surface area contributed by atoms with E-state index >= 15 is 0 Å². The van der Waals surface area contributed by atoms with Gasteiger partial charge in [0.05, 0.1) is 10.9 Å². The standard InChI is InChI=1S/C24H26N2O3S/c1-18-7-9-21(10-8-18)30(27,28)26(22-17-25-15-13-19(22)14-16-25)24-12-11-23(29-24)20-5-3-2-4-6-20/h2-12,19,22H,13-17H2,1H3/t22-/m0/s1. The quantitative estimate of drug-likeness (QED) is 0.606. The van der Waals surface area contributed by atoms with E-state index in [4.69, 9.17) is 4.42 Å². The minimum atomic E-state index is -3.75. The summed E-state index contributed by atoms with van der Waals surface area (Å²) in [7, 11) is -3.75. The van der Waals surface area contributed by atoms with Gasteiger partial charge in [-0.2, -0.15) is 0 Å². The van der Waals surface area contributed by atoms with Crippen LogP contribution in [0.15, 0.2) is 76.0 Å². The molecule has 0 aliphatic carbocycles. The van der Waals surface area contributed by atoms with Crippen molar-refractivity contribution in [3.8, 4) is 11.3 Å². The van der Waals surface area contributed by atoms with Crippen molar-refractivity contribution in [2.75, 3.05) is 23.9 Å². The predicted molar refractivity (Wildman–Crippen MR) is 118 cm³/mol. The van der Waals surface area contributed by atoms with Crippen molar-refractivity contribution < 1.29 is 12.8 Å². The first kappa shape index (κ1) is 19.4. The van der Waals surface area contributed by atoms with E-state index in [1.165, 1.54) is 0 Å². The third kappa shape index (κ3) is 3.44. The van der Waals surface area contributed by atoms with Crippen molar-refractivity contribution in [3.05, 3.63) is 72.3 Å². The Balaban J connectivity index is 1.59. The van der Waals surface area contributed by atoms with E-state index in [1.807, 2.05) is 55.5 Å². The number of hydrogen-bond acceptors (Lipinski definition) is 4. The van der Waals surface area contributed by atoms with Gasteiger partial charge in [0.15, 0.2) is 0 Å². The molecule has 0 N–H and O–H groups in total. The van der Waals surface area contributed by atoms with E-state index in [0.717, 1.165) is 43.6 Å². The summed E-state index contributed by atoms with van der Waals surface area (Å²) in [6.45, 7) is 4.80. The van der Waals surface area contributed by atoms with Crippen LogP contribution in [0.3, 0.4) is 0 Å². The number of sulfonamides is 1. The highest BCUT2D eigenvalue weighted by Crippen LogP contribution is 2.38. The van der Waals surface area contributed by atoms with Gasteiger partial charge >= 0.3 is 0 Å². The van der Waals surface area contributed by atoms with Gasteiger partial charge in [0.1, 0.15) is 5.76 Å². The maximum absolute atomic E-state index is 13.8. The van der Waals surface area contributed by atoms with Gasteiger partial charge in [-0.1, -0.05) is 48.0 Å². The van der Waals surface area contributed by atoms with E-state index in [2.05, 4.69) is 4.90 Å². The highest BCUT2D eigenvalue weighted by molar-refractivity contribution is 7.92.